The van der Waals surface area contributed by atoms with E-state index in [9.17, 15) is 0 Å². The first kappa shape index (κ1) is 10.3. The second-order valence-electron chi connectivity index (χ2n) is 4.77. The van der Waals surface area contributed by atoms with Gasteiger partial charge in [-0.1, -0.05) is 6.07 Å². The summed E-state index contributed by atoms with van der Waals surface area (Å²) in [5, 5.41) is 1.44. The Morgan fingerprint density at radius 1 is 1.31 bits per heavy atom. The summed E-state index contributed by atoms with van der Waals surface area (Å²) in [5.41, 5.74) is 7.23. The average Bonchev–Trinajstić information content (AvgIpc) is 2.56. The van der Waals surface area contributed by atoms with Crippen molar-refractivity contribution in [3.63, 3.8) is 0 Å². The first-order valence-electron chi connectivity index (χ1n) is 5.94. The Labute approximate surface area is 102 Å². The van der Waals surface area contributed by atoms with Gasteiger partial charge in [0.05, 0.1) is 5.52 Å². The van der Waals surface area contributed by atoms with E-state index in [0.29, 0.717) is 0 Å². The van der Waals surface area contributed by atoms with Crippen LogP contribution in [0.15, 0.2) is 12.1 Å². The van der Waals surface area contributed by atoms with Crippen molar-refractivity contribution in [1.82, 2.24) is 4.57 Å². The molecule has 0 saturated heterocycles. The second kappa shape index (κ2) is 3.56. The molecule has 2 heteroatoms. The van der Waals surface area contributed by atoms with Crippen molar-refractivity contribution in [3.05, 3.63) is 34.5 Å². The molecule has 0 unspecified atom stereocenters. The van der Waals surface area contributed by atoms with Crippen LogP contribution in [0.4, 0.5) is 0 Å². The summed E-state index contributed by atoms with van der Waals surface area (Å²) in [6.45, 7) is 5.67. The topological polar surface area (TPSA) is 4.93 Å². The molecule has 0 spiro atoms. The molecule has 84 valence electrons. The molecule has 2 aromatic rings. The van der Waals surface area contributed by atoms with Crippen molar-refractivity contribution in [1.29, 1.82) is 0 Å². The predicted octanol–water partition coefficient (Wildman–Crippen LogP) is 3.63. The van der Waals surface area contributed by atoms with Gasteiger partial charge in [-0.15, -0.1) is 0 Å². The van der Waals surface area contributed by atoms with E-state index in [1.807, 2.05) is 0 Å². The average molecular weight is 231 g/mol. The predicted molar refractivity (Wildman–Crippen MR) is 72.4 cm³/mol. The van der Waals surface area contributed by atoms with Crippen LogP contribution in [-0.4, -0.2) is 4.57 Å². The Morgan fingerprint density at radius 3 is 2.88 bits per heavy atom. The van der Waals surface area contributed by atoms with Crippen molar-refractivity contribution in [3.8, 4) is 0 Å². The van der Waals surface area contributed by atoms with Gasteiger partial charge in [-0.2, -0.15) is 12.6 Å². The van der Waals surface area contributed by atoms with E-state index in [4.69, 9.17) is 0 Å². The van der Waals surface area contributed by atoms with Crippen LogP contribution in [0.2, 0.25) is 0 Å². The number of hydrogen-bond acceptors (Lipinski definition) is 1. The molecule has 0 atom stereocenters. The van der Waals surface area contributed by atoms with Crippen molar-refractivity contribution in [2.24, 2.45) is 0 Å². The molecule has 0 radical (unpaired) electrons. The smallest absolute Gasteiger partial charge is 0.0517 e. The number of benzene rings is 1. The molecule has 1 aliphatic heterocycles. The Kier molecular flexibility index (Phi) is 2.28. The first-order chi connectivity index (χ1) is 7.72. The van der Waals surface area contributed by atoms with Crippen LogP contribution in [0, 0.1) is 13.8 Å². The number of aromatic nitrogens is 1. The number of rotatable bonds is 1. The summed E-state index contributed by atoms with van der Waals surface area (Å²) in [6.07, 6.45) is 2.49. The van der Waals surface area contributed by atoms with Gasteiger partial charge in [-0.05, 0) is 49.4 Å². The van der Waals surface area contributed by atoms with Gasteiger partial charge in [0.15, 0.2) is 0 Å². The zero-order chi connectivity index (χ0) is 11.3. The normalized spacial score (nSPS) is 14.7. The molecule has 0 saturated carbocycles. The maximum atomic E-state index is 4.40. The van der Waals surface area contributed by atoms with Gasteiger partial charge in [-0.3, -0.25) is 0 Å². The maximum Gasteiger partial charge on any atom is 0.0517 e. The quantitative estimate of drug-likeness (QED) is 0.715. The summed E-state index contributed by atoms with van der Waals surface area (Å²) in [7, 11) is 0. The number of thiol groups is 1. The zero-order valence-corrected chi connectivity index (χ0v) is 10.8. The van der Waals surface area contributed by atoms with Gasteiger partial charge in [0.2, 0.25) is 0 Å². The SMILES string of the molecule is Cc1c(C)n2c3c(cc(CS)cc13)CCC2. The van der Waals surface area contributed by atoms with E-state index in [0.717, 1.165) is 5.75 Å². The first-order valence-corrected chi connectivity index (χ1v) is 6.57. The third-order valence-electron chi connectivity index (χ3n) is 3.88. The van der Waals surface area contributed by atoms with E-state index in [1.165, 1.54) is 52.7 Å². The number of nitrogens with zero attached hydrogens (tertiary/aromatic N) is 1. The molecule has 2 heterocycles. The second-order valence-corrected chi connectivity index (χ2v) is 5.09. The summed E-state index contributed by atoms with van der Waals surface area (Å²) >= 11 is 4.40. The molecule has 1 aliphatic rings. The lowest BCUT2D eigenvalue weighted by Crippen LogP contribution is -2.09. The van der Waals surface area contributed by atoms with Crippen molar-refractivity contribution in [2.45, 2.75) is 39.0 Å². The molecule has 0 fully saturated rings. The molecule has 3 rings (SSSR count). The van der Waals surface area contributed by atoms with E-state index in [1.54, 1.807) is 0 Å². The highest BCUT2D eigenvalue weighted by molar-refractivity contribution is 7.79. The third-order valence-corrected chi connectivity index (χ3v) is 4.25. The fourth-order valence-electron chi connectivity index (χ4n) is 2.92. The monoisotopic (exact) mass is 231 g/mol. The minimum atomic E-state index is 0.840. The largest absolute Gasteiger partial charge is 0.344 e. The highest BCUT2D eigenvalue weighted by Gasteiger charge is 2.18. The molecular weight excluding hydrogens is 214 g/mol. The van der Waals surface area contributed by atoms with Crippen LogP contribution in [0.3, 0.4) is 0 Å². The molecule has 1 aromatic carbocycles. The Hall–Kier alpha value is -0.890. The maximum absolute atomic E-state index is 4.40. The molecule has 1 aromatic heterocycles. The van der Waals surface area contributed by atoms with E-state index in [2.05, 4.69) is 43.2 Å². The Bertz CT molecular complexity index is 566. The van der Waals surface area contributed by atoms with Crippen LogP contribution in [0.25, 0.3) is 10.9 Å². The molecule has 0 N–H and O–H groups in total. The Morgan fingerprint density at radius 2 is 2.12 bits per heavy atom. The number of aryl methyl sites for hydroxylation is 3. The van der Waals surface area contributed by atoms with Gasteiger partial charge < -0.3 is 4.57 Å². The molecule has 0 bridgehead atoms. The summed E-state index contributed by atoms with van der Waals surface area (Å²) in [4.78, 5) is 0. The summed E-state index contributed by atoms with van der Waals surface area (Å²) < 4.78 is 2.49. The van der Waals surface area contributed by atoms with Gasteiger partial charge in [0.25, 0.3) is 0 Å². The molecule has 0 amide bonds. The van der Waals surface area contributed by atoms with Crippen LogP contribution in [0.1, 0.15) is 28.8 Å². The van der Waals surface area contributed by atoms with E-state index in [-0.39, 0.29) is 0 Å². The van der Waals surface area contributed by atoms with Crippen molar-refractivity contribution >= 4 is 23.5 Å². The fraction of sp³-hybridized carbons (Fsp3) is 0.429. The lowest BCUT2D eigenvalue weighted by atomic mass is 10.00. The lowest BCUT2D eigenvalue weighted by molar-refractivity contribution is 0.622. The Balaban J connectivity index is 2.45. The molecule has 0 aliphatic carbocycles. The van der Waals surface area contributed by atoms with Crippen LogP contribution < -0.4 is 0 Å². The zero-order valence-electron chi connectivity index (χ0n) is 9.88. The van der Waals surface area contributed by atoms with Gasteiger partial charge >= 0.3 is 0 Å². The van der Waals surface area contributed by atoms with Gasteiger partial charge in [0.1, 0.15) is 0 Å². The van der Waals surface area contributed by atoms with E-state index >= 15 is 0 Å². The van der Waals surface area contributed by atoms with E-state index < -0.39 is 0 Å². The minimum absolute atomic E-state index is 0.840. The van der Waals surface area contributed by atoms with Crippen molar-refractivity contribution < 1.29 is 0 Å². The van der Waals surface area contributed by atoms with Crippen LogP contribution in [-0.2, 0) is 18.7 Å². The van der Waals surface area contributed by atoms with Crippen LogP contribution in [0.5, 0.6) is 0 Å². The van der Waals surface area contributed by atoms with Gasteiger partial charge in [-0.25, -0.2) is 0 Å². The summed E-state index contributed by atoms with van der Waals surface area (Å²) in [6, 6.07) is 4.65. The highest BCUT2D eigenvalue weighted by Crippen LogP contribution is 2.33. The van der Waals surface area contributed by atoms with Crippen LogP contribution >= 0.6 is 12.6 Å². The van der Waals surface area contributed by atoms with Gasteiger partial charge in [0, 0.05) is 23.4 Å². The number of hydrogen-bond donors (Lipinski definition) is 1. The summed E-state index contributed by atoms with van der Waals surface area (Å²) in [5.74, 6) is 0.840. The van der Waals surface area contributed by atoms with Crippen molar-refractivity contribution in [2.75, 3.05) is 0 Å². The highest BCUT2D eigenvalue weighted by atomic mass is 32.1. The standard InChI is InChI=1S/C14H17NS/c1-9-10(2)15-5-3-4-12-6-11(8-16)7-13(9)14(12)15/h6-7,16H,3-5,8H2,1-2H3. The molecule has 1 nitrogen and oxygen atoms in total. The fourth-order valence-corrected chi connectivity index (χ4v) is 3.10. The molecular formula is C14H17NS. The third kappa shape index (κ3) is 1.26. The molecule has 16 heavy (non-hydrogen) atoms. The minimum Gasteiger partial charge on any atom is -0.344 e. The lowest BCUT2D eigenvalue weighted by Gasteiger charge is -2.17.